The lowest BCUT2D eigenvalue weighted by Gasteiger charge is -2.04. The van der Waals surface area contributed by atoms with Gasteiger partial charge in [0.05, 0.1) is 12.7 Å². The molecule has 0 amide bonds. The van der Waals surface area contributed by atoms with E-state index in [-0.39, 0.29) is 5.57 Å². The largest absolute Gasteiger partial charge is 0.496 e. The second kappa shape index (κ2) is 5.00. The summed E-state index contributed by atoms with van der Waals surface area (Å²) in [5.41, 5.74) is 0.858. The molecule has 1 rings (SSSR count). The Balaban J connectivity index is 3.16. The Bertz CT molecular complexity index is 405. The Morgan fingerprint density at radius 1 is 1.47 bits per heavy atom. The lowest BCUT2D eigenvalue weighted by molar-refractivity contribution is -0.132. The van der Waals surface area contributed by atoms with E-state index in [1.54, 1.807) is 19.2 Å². The highest BCUT2D eigenvalue weighted by molar-refractivity contribution is 5.95. The first-order valence-electron chi connectivity index (χ1n) is 4.39. The van der Waals surface area contributed by atoms with Crippen molar-refractivity contribution in [2.45, 2.75) is 0 Å². The molecule has 0 saturated carbocycles. The Labute approximate surface area is 88.3 Å². The summed E-state index contributed by atoms with van der Waals surface area (Å²) < 4.78 is 5.10. The number of hydrogen-bond acceptors (Lipinski definition) is 2. The number of carbonyl (C=O) groups is 1. The van der Waals surface area contributed by atoms with Gasteiger partial charge in [0.25, 0.3) is 0 Å². The molecule has 1 aromatic carbocycles. The van der Waals surface area contributed by atoms with Gasteiger partial charge in [0.2, 0.25) is 0 Å². The average Bonchev–Trinajstić information content (AvgIpc) is 2.25. The molecule has 78 valence electrons. The highest BCUT2D eigenvalue weighted by Gasteiger charge is 2.04. The fourth-order valence-electron chi connectivity index (χ4n) is 1.16. The summed E-state index contributed by atoms with van der Waals surface area (Å²) in [5, 5.41) is 8.82. The van der Waals surface area contributed by atoms with E-state index in [9.17, 15) is 4.79 Å². The molecule has 0 bridgehead atoms. The van der Waals surface area contributed by atoms with Crippen molar-refractivity contribution in [2.24, 2.45) is 0 Å². The first-order valence-corrected chi connectivity index (χ1v) is 4.39. The van der Waals surface area contributed by atoms with Crippen LogP contribution in [0.15, 0.2) is 42.5 Å². The topological polar surface area (TPSA) is 46.5 Å². The predicted molar refractivity (Wildman–Crippen MR) is 58.8 cm³/mol. The molecule has 0 saturated heterocycles. The van der Waals surface area contributed by atoms with Crippen LogP contribution in [0.3, 0.4) is 0 Å². The molecule has 0 radical (unpaired) electrons. The molecule has 1 N–H and O–H groups in total. The standard InChI is InChI=1S/C12H12O3/c1-3-9(12(13)14)8-10-6-4-5-7-11(10)15-2/h3-8H,1H2,2H3,(H,13,14)/b9-8+. The number of carboxylic acid groups (broad SMARTS) is 1. The summed E-state index contributed by atoms with van der Waals surface area (Å²) in [6, 6.07) is 7.20. The van der Waals surface area contributed by atoms with Crippen LogP contribution in [0.2, 0.25) is 0 Å². The molecule has 0 aromatic heterocycles. The van der Waals surface area contributed by atoms with Gasteiger partial charge in [0.15, 0.2) is 0 Å². The minimum atomic E-state index is -1.00. The molecule has 0 heterocycles. The lowest BCUT2D eigenvalue weighted by atomic mass is 10.1. The van der Waals surface area contributed by atoms with Crippen LogP contribution >= 0.6 is 0 Å². The van der Waals surface area contributed by atoms with Gasteiger partial charge in [-0.05, 0) is 12.1 Å². The molecule has 3 nitrogen and oxygen atoms in total. The average molecular weight is 204 g/mol. The second-order valence-corrected chi connectivity index (χ2v) is 2.85. The zero-order valence-electron chi connectivity index (χ0n) is 8.43. The maximum Gasteiger partial charge on any atom is 0.335 e. The minimum absolute atomic E-state index is 0.138. The quantitative estimate of drug-likeness (QED) is 0.605. The lowest BCUT2D eigenvalue weighted by Crippen LogP contribution is -1.97. The smallest absolute Gasteiger partial charge is 0.335 e. The Morgan fingerprint density at radius 3 is 2.67 bits per heavy atom. The third-order valence-corrected chi connectivity index (χ3v) is 1.92. The van der Waals surface area contributed by atoms with E-state index < -0.39 is 5.97 Å². The first-order chi connectivity index (χ1) is 7.19. The summed E-state index contributed by atoms with van der Waals surface area (Å²) in [5.74, 6) is -0.367. The third-order valence-electron chi connectivity index (χ3n) is 1.92. The molecule has 0 fully saturated rings. The molecule has 0 aliphatic heterocycles. The molecule has 0 spiro atoms. The number of aliphatic carboxylic acids is 1. The van der Waals surface area contributed by atoms with E-state index in [2.05, 4.69) is 6.58 Å². The van der Waals surface area contributed by atoms with Crippen LogP contribution in [0.1, 0.15) is 5.56 Å². The highest BCUT2D eigenvalue weighted by atomic mass is 16.5. The molecule has 0 atom stereocenters. The van der Waals surface area contributed by atoms with Gasteiger partial charge in [-0.2, -0.15) is 0 Å². The van der Waals surface area contributed by atoms with Crippen molar-refractivity contribution in [3.8, 4) is 5.75 Å². The zero-order valence-corrected chi connectivity index (χ0v) is 8.43. The predicted octanol–water partition coefficient (Wildman–Crippen LogP) is 2.35. The van der Waals surface area contributed by atoms with Crippen LogP contribution in [-0.4, -0.2) is 18.2 Å². The van der Waals surface area contributed by atoms with E-state index in [1.807, 2.05) is 12.1 Å². The van der Waals surface area contributed by atoms with Crippen LogP contribution < -0.4 is 4.74 Å². The van der Waals surface area contributed by atoms with Crippen LogP contribution in [-0.2, 0) is 4.79 Å². The van der Waals surface area contributed by atoms with Crippen molar-refractivity contribution >= 4 is 12.0 Å². The SMILES string of the molecule is C=C/C(=C\c1ccccc1OC)C(=O)O. The van der Waals surface area contributed by atoms with Gasteiger partial charge in [-0.1, -0.05) is 30.9 Å². The van der Waals surface area contributed by atoms with E-state index in [4.69, 9.17) is 9.84 Å². The van der Waals surface area contributed by atoms with Crippen molar-refractivity contribution in [2.75, 3.05) is 7.11 Å². The molecule has 0 aliphatic rings. The summed E-state index contributed by atoms with van der Waals surface area (Å²) >= 11 is 0. The van der Waals surface area contributed by atoms with Crippen molar-refractivity contribution in [3.63, 3.8) is 0 Å². The third kappa shape index (κ3) is 2.71. The fourth-order valence-corrected chi connectivity index (χ4v) is 1.16. The normalized spacial score (nSPS) is 10.9. The summed E-state index contributed by atoms with van der Waals surface area (Å²) in [6.07, 6.45) is 2.82. The number of hydrogen-bond donors (Lipinski definition) is 1. The van der Waals surface area contributed by atoms with Gasteiger partial charge in [-0.15, -0.1) is 0 Å². The van der Waals surface area contributed by atoms with Crippen LogP contribution in [0.25, 0.3) is 6.08 Å². The molecular weight excluding hydrogens is 192 g/mol. The summed E-state index contributed by atoms with van der Waals surface area (Å²) in [4.78, 5) is 10.8. The van der Waals surface area contributed by atoms with Crippen molar-refractivity contribution in [1.82, 2.24) is 0 Å². The zero-order chi connectivity index (χ0) is 11.3. The summed E-state index contributed by atoms with van der Waals surface area (Å²) in [6.45, 7) is 3.44. The van der Waals surface area contributed by atoms with E-state index >= 15 is 0 Å². The Kier molecular flexibility index (Phi) is 3.68. The van der Waals surface area contributed by atoms with Crippen LogP contribution in [0.4, 0.5) is 0 Å². The van der Waals surface area contributed by atoms with E-state index in [1.165, 1.54) is 12.2 Å². The number of benzene rings is 1. The van der Waals surface area contributed by atoms with Crippen molar-refractivity contribution in [3.05, 3.63) is 48.1 Å². The molecule has 15 heavy (non-hydrogen) atoms. The number of methoxy groups -OCH3 is 1. The highest BCUT2D eigenvalue weighted by Crippen LogP contribution is 2.20. The fraction of sp³-hybridized carbons (Fsp3) is 0.0833. The summed E-state index contributed by atoms with van der Waals surface area (Å²) in [7, 11) is 1.54. The number of ether oxygens (including phenoxy) is 1. The van der Waals surface area contributed by atoms with E-state index in [0.717, 1.165) is 5.56 Å². The molecule has 3 heteroatoms. The maximum absolute atomic E-state index is 10.8. The van der Waals surface area contributed by atoms with Gasteiger partial charge >= 0.3 is 5.97 Å². The monoisotopic (exact) mass is 204 g/mol. The van der Waals surface area contributed by atoms with Crippen LogP contribution in [0, 0.1) is 0 Å². The molecule has 0 aliphatic carbocycles. The Morgan fingerprint density at radius 2 is 2.13 bits per heavy atom. The van der Waals surface area contributed by atoms with Gasteiger partial charge in [0, 0.05) is 5.56 Å². The molecule has 0 unspecified atom stereocenters. The number of para-hydroxylation sites is 1. The first kappa shape index (κ1) is 11.0. The Hall–Kier alpha value is -2.03. The maximum atomic E-state index is 10.8. The van der Waals surface area contributed by atoms with Gasteiger partial charge in [-0.25, -0.2) is 4.79 Å². The van der Waals surface area contributed by atoms with E-state index in [0.29, 0.717) is 5.75 Å². The van der Waals surface area contributed by atoms with Gasteiger partial charge in [0.1, 0.15) is 5.75 Å². The molecule has 1 aromatic rings. The second-order valence-electron chi connectivity index (χ2n) is 2.85. The van der Waals surface area contributed by atoms with Gasteiger partial charge < -0.3 is 9.84 Å². The molecular formula is C12H12O3. The van der Waals surface area contributed by atoms with Gasteiger partial charge in [-0.3, -0.25) is 0 Å². The number of rotatable bonds is 4. The minimum Gasteiger partial charge on any atom is -0.496 e. The number of carboxylic acids is 1. The van der Waals surface area contributed by atoms with Crippen molar-refractivity contribution < 1.29 is 14.6 Å². The van der Waals surface area contributed by atoms with Crippen molar-refractivity contribution in [1.29, 1.82) is 0 Å². The van der Waals surface area contributed by atoms with Crippen LogP contribution in [0.5, 0.6) is 5.75 Å².